The Labute approximate surface area is 200 Å². The Kier molecular flexibility index (Phi) is 8.41. The summed E-state index contributed by atoms with van der Waals surface area (Å²) in [4.78, 5) is 12.4. The van der Waals surface area contributed by atoms with Crippen LogP contribution in [0.1, 0.15) is 97.8 Å². The lowest BCUT2D eigenvalue weighted by Gasteiger charge is -2.57. The molecule has 0 aromatic carbocycles. The number of carbonyl (C=O) groups excluding carboxylic acids is 1. The quantitative estimate of drug-likeness (QED) is 0.351. The average molecular weight is 465 g/mol. The topological polar surface area (TPSA) is 90.8 Å². The normalized spacial score (nSPS) is 42.1. The molecule has 4 bridgehead atoms. The van der Waals surface area contributed by atoms with Crippen molar-refractivity contribution in [1.29, 1.82) is 0 Å². The Bertz CT molecular complexity index is 619. The number of rotatable bonds is 11. The molecule has 5 rings (SSSR count). The Balaban J connectivity index is 1.20. The molecule has 1 aliphatic heterocycles. The van der Waals surface area contributed by atoms with E-state index in [0.717, 1.165) is 42.9 Å². The van der Waals surface area contributed by atoms with Gasteiger partial charge in [-0.05, 0) is 75.5 Å². The van der Waals surface area contributed by atoms with E-state index in [2.05, 4.69) is 24.5 Å². The van der Waals surface area contributed by atoms with E-state index in [9.17, 15) is 15.0 Å². The molecule has 5 fully saturated rings. The summed E-state index contributed by atoms with van der Waals surface area (Å²) >= 11 is 0. The molecule has 4 aliphatic carbocycles. The fourth-order valence-corrected chi connectivity index (χ4v) is 7.62. The first kappa shape index (κ1) is 25.4. The third-order valence-corrected chi connectivity index (χ3v) is 8.97. The van der Waals surface area contributed by atoms with Crippen molar-refractivity contribution in [2.75, 3.05) is 6.54 Å². The molecule has 1 heterocycles. The standard InChI is InChI=1S/C27H48N2O4/c1-17(2)8-6-4-5-7-9-23(30)29-24-18(3)33-22(25(31)26(24)32)16-28-27-13-19-10-20(14-27)12-21(11-19)15-27/h17-22,24-26,28,31-32H,4-16H2,1-3H3,(H,29,30)/t18-,19?,20?,21?,22?,24?,25+,26+,27?/m0/s1. The Morgan fingerprint density at radius 1 is 0.970 bits per heavy atom. The van der Waals surface area contributed by atoms with Crippen LogP contribution in [0.3, 0.4) is 0 Å². The lowest BCUT2D eigenvalue weighted by atomic mass is 9.53. The van der Waals surface area contributed by atoms with Gasteiger partial charge < -0.3 is 25.6 Å². The fourth-order valence-electron chi connectivity index (χ4n) is 7.62. The summed E-state index contributed by atoms with van der Waals surface area (Å²) < 4.78 is 6.14. The molecule has 5 aliphatic rings. The Morgan fingerprint density at radius 3 is 2.18 bits per heavy atom. The minimum atomic E-state index is -1.01. The van der Waals surface area contributed by atoms with Crippen LogP contribution < -0.4 is 10.6 Å². The summed E-state index contributed by atoms with van der Waals surface area (Å²) in [5.41, 5.74) is 0.201. The van der Waals surface area contributed by atoms with Crippen molar-refractivity contribution in [1.82, 2.24) is 10.6 Å². The second kappa shape index (κ2) is 10.9. The Morgan fingerprint density at radius 2 is 1.58 bits per heavy atom. The monoisotopic (exact) mass is 464 g/mol. The van der Waals surface area contributed by atoms with Crippen LogP contribution in [-0.4, -0.2) is 58.7 Å². The molecule has 2 unspecified atom stereocenters. The molecule has 0 aromatic heterocycles. The van der Waals surface area contributed by atoms with E-state index in [1.807, 2.05) is 6.92 Å². The summed E-state index contributed by atoms with van der Waals surface area (Å²) in [5.74, 6) is 3.26. The number of aliphatic hydroxyl groups excluding tert-OH is 2. The van der Waals surface area contributed by atoms with Gasteiger partial charge in [-0.3, -0.25) is 4.79 Å². The number of carbonyl (C=O) groups is 1. The summed E-state index contributed by atoms with van der Waals surface area (Å²) in [5, 5.41) is 28.3. The van der Waals surface area contributed by atoms with E-state index in [1.54, 1.807) is 0 Å². The molecule has 0 aromatic rings. The third-order valence-electron chi connectivity index (χ3n) is 8.97. The highest BCUT2D eigenvalue weighted by molar-refractivity contribution is 5.76. The van der Waals surface area contributed by atoms with Gasteiger partial charge in [0, 0.05) is 18.5 Å². The van der Waals surface area contributed by atoms with E-state index in [-0.39, 0.29) is 17.6 Å². The van der Waals surface area contributed by atoms with Crippen molar-refractivity contribution < 1.29 is 19.7 Å². The molecule has 6 heteroatoms. The molecule has 4 saturated carbocycles. The Hall–Kier alpha value is -0.690. The van der Waals surface area contributed by atoms with Crippen LogP contribution in [0.4, 0.5) is 0 Å². The van der Waals surface area contributed by atoms with Gasteiger partial charge in [-0.2, -0.15) is 0 Å². The number of hydrogen-bond acceptors (Lipinski definition) is 5. The average Bonchev–Trinajstić information content (AvgIpc) is 2.74. The summed E-state index contributed by atoms with van der Waals surface area (Å²) in [6.45, 7) is 6.93. The van der Waals surface area contributed by atoms with E-state index in [4.69, 9.17) is 4.74 Å². The van der Waals surface area contributed by atoms with Crippen molar-refractivity contribution in [3.63, 3.8) is 0 Å². The smallest absolute Gasteiger partial charge is 0.220 e. The summed E-state index contributed by atoms with van der Waals surface area (Å²) in [6, 6.07) is -0.566. The molecule has 190 valence electrons. The predicted octanol–water partition coefficient (Wildman–Crippen LogP) is 3.54. The van der Waals surface area contributed by atoms with Gasteiger partial charge in [-0.25, -0.2) is 0 Å². The molecule has 1 saturated heterocycles. The van der Waals surface area contributed by atoms with E-state index >= 15 is 0 Å². The van der Waals surface area contributed by atoms with E-state index in [1.165, 1.54) is 51.4 Å². The van der Waals surface area contributed by atoms with Crippen LogP contribution in [0.2, 0.25) is 0 Å². The second-order valence-corrected chi connectivity index (χ2v) is 12.4. The predicted molar refractivity (Wildman–Crippen MR) is 130 cm³/mol. The van der Waals surface area contributed by atoms with Crippen molar-refractivity contribution in [3.05, 3.63) is 0 Å². The number of hydrogen-bond donors (Lipinski definition) is 4. The zero-order valence-electron chi connectivity index (χ0n) is 21.1. The lowest BCUT2D eigenvalue weighted by molar-refractivity contribution is -0.182. The zero-order valence-corrected chi connectivity index (χ0v) is 21.1. The summed E-state index contributed by atoms with van der Waals surface area (Å²) in [7, 11) is 0. The maximum absolute atomic E-state index is 12.4. The molecular weight excluding hydrogens is 416 g/mol. The van der Waals surface area contributed by atoms with Crippen LogP contribution in [0, 0.1) is 23.7 Å². The van der Waals surface area contributed by atoms with Crippen LogP contribution >= 0.6 is 0 Å². The molecule has 1 amide bonds. The molecule has 5 atom stereocenters. The van der Waals surface area contributed by atoms with Gasteiger partial charge in [-0.15, -0.1) is 0 Å². The van der Waals surface area contributed by atoms with E-state index in [0.29, 0.717) is 13.0 Å². The molecular formula is C27H48N2O4. The van der Waals surface area contributed by atoms with Crippen LogP contribution in [0.15, 0.2) is 0 Å². The van der Waals surface area contributed by atoms with Crippen molar-refractivity contribution in [3.8, 4) is 0 Å². The molecule has 0 radical (unpaired) electrons. The molecule has 33 heavy (non-hydrogen) atoms. The molecule has 6 nitrogen and oxygen atoms in total. The first-order valence-corrected chi connectivity index (χ1v) is 13.8. The second-order valence-electron chi connectivity index (χ2n) is 12.4. The first-order valence-electron chi connectivity index (χ1n) is 13.8. The number of unbranched alkanes of at least 4 members (excludes halogenated alkanes) is 3. The lowest BCUT2D eigenvalue weighted by Crippen LogP contribution is -2.66. The minimum absolute atomic E-state index is 0.0595. The largest absolute Gasteiger partial charge is 0.388 e. The van der Waals surface area contributed by atoms with Gasteiger partial charge >= 0.3 is 0 Å². The van der Waals surface area contributed by atoms with Crippen LogP contribution in [-0.2, 0) is 9.53 Å². The highest BCUT2D eigenvalue weighted by Gasteiger charge is 2.51. The van der Waals surface area contributed by atoms with Crippen molar-refractivity contribution >= 4 is 5.91 Å². The zero-order chi connectivity index (χ0) is 23.6. The maximum atomic E-state index is 12.4. The van der Waals surface area contributed by atoms with Crippen LogP contribution in [0.25, 0.3) is 0 Å². The van der Waals surface area contributed by atoms with Crippen molar-refractivity contribution in [2.45, 2.75) is 134 Å². The van der Waals surface area contributed by atoms with Crippen LogP contribution in [0.5, 0.6) is 0 Å². The molecule has 4 N–H and O–H groups in total. The fraction of sp³-hybridized carbons (Fsp3) is 0.963. The minimum Gasteiger partial charge on any atom is -0.388 e. The van der Waals surface area contributed by atoms with Crippen molar-refractivity contribution in [2.24, 2.45) is 23.7 Å². The SMILES string of the molecule is CC(C)CCCCCCC(=O)NC1[C@H](C)OC(CNC23CC4CC(CC(C4)C2)C3)[C@@H](O)[C@@H]1O. The maximum Gasteiger partial charge on any atom is 0.220 e. The number of amides is 1. The highest BCUT2D eigenvalue weighted by atomic mass is 16.5. The van der Waals surface area contributed by atoms with E-state index < -0.39 is 24.4 Å². The van der Waals surface area contributed by atoms with Gasteiger partial charge in [0.05, 0.1) is 18.2 Å². The third kappa shape index (κ3) is 6.31. The first-order chi connectivity index (χ1) is 15.7. The summed E-state index contributed by atoms with van der Waals surface area (Å²) in [6.07, 6.45) is 11.2. The number of aliphatic hydroxyl groups is 2. The van der Waals surface area contributed by atoms with Gasteiger partial charge in [0.25, 0.3) is 0 Å². The molecule has 0 spiro atoms. The van der Waals surface area contributed by atoms with Gasteiger partial charge in [0.15, 0.2) is 0 Å². The highest BCUT2D eigenvalue weighted by Crippen LogP contribution is 2.55. The number of ether oxygens (including phenoxy) is 1. The van der Waals surface area contributed by atoms with Gasteiger partial charge in [0.2, 0.25) is 5.91 Å². The number of nitrogens with one attached hydrogen (secondary N) is 2. The van der Waals surface area contributed by atoms with Gasteiger partial charge in [-0.1, -0.05) is 39.5 Å². The van der Waals surface area contributed by atoms with Gasteiger partial charge in [0.1, 0.15) is 12.2 Å².